The molecule has 5 nitrogen and oxygen atoms in total. The third-order valence-corrected chi connectivity index (χ3v) is 3.18. The van der Waals surface area contributed by atoms with Gasteiger partial charge in [0.05, 0.1) is 13.5 Å². The predicted octanol–water partition coefficient (Wildman–Crippen LogP) is 2.04. The molecule has 0 N–H and O–H groups in total. The number of carbonyl (C=O) groups is 2. The SMILES string of the molecule is COCCCN(CCC(=O)OC)C(=O)c1ccc(C)cc1. The second-order valence-corrected chi connectivity index (χ2v) is 4.83. The van der Waals surface area contributed by atoms with Crippen molar-refractivity contribution in [2.45, 2.75) is 19.8 Å². The van der Waals surface area contributed by atoms with Crippen LogP contribution in [0.4, 0.5) is 0 Å². The quantitative estimate of drug-likeness (QED) is 0.543. The predicted molar refractivity (Wildman–Crippen MR) is 80.2 cm³/mol. The number of benzene rings is 1. The average Bonchev–Trinajstić information content (AvgIpc) is 2.50. The molecule has 0 fully saturated rings. The number of amides is 1. The van der Waals surface area contributed by atoms with E-state index >= 15 is 0 Å². The molecule has 21 heavy (non-hydrogen) atoms. The van der Waals surface area contributed by atoms with Gasteiger partial charge in [-0.1, -0.05) is 17.7 Å². The molecule has 0 aromatic heterocycles. The van der Waals surface area contributed by atoms with E-state index in [0.29, 0.717) is 25.3 Å². The Morgan fingerprint density at radius 2 is 1.76 bits per heavy atom. The van der Waals surface area contributed by atoms with Crippen molar-refractivity contribution >= 4 is 11.9 Å². The molecule has 116 valence electrons. The van der Waals surface area contributed by atoms with Gasteiger partial charge in [-0.3, -0.25) is 9.59 Å². The zero-order valence-electron chi connectivity index (χ0n) is 12.9. The van der Waals surface area contributed by atoms with Gasteiger partial charge in [-0.15, -0.1) is 0 Å². The van der Waals surface area contributed by atoms with Crippen LogP contribution in [0.15, 0.2) is 24.3 Å². The van der Waals surface area contributed by atoms with Crippen LogP contribution in [-0.4, -0.2) is 50.7 Å². The molecule has 1 amide bonds. The van der Waals surface area contributed by atoms with Crippen molar-refractivity contribution < 1.29 is 19.1 Å². The summed E-state index contributed by atoms with van der Waals surface area (Å²) in [5.74, 6) is -0.390. The lowest BCUT2D eigenvalue weighted by Crippen LogP contribution is -2.34. The highest BCUT2D eigenvalue weighted by Gasteiger charge is 2.16. The molecule has 0 heterocycles. The summed E-state index contributed by atoms with van der Waals surface area (Å²) in [6.45, 7) is 3.46. The van der Waals surface area contributed by atoms with Crippen LogP contribution in [0.25, 0.3) is 0 Å². The van der Waals surface area contributed by atoms with Crippen LogP contribution in [0.3, 0.4) is 0 Å². The first kappa shape index (κ1) is 17.2. The first-order valence-electron chi connectivity index (χ1n) is 7.00. The summed E-state index contributed by atoms with van der Waals surface area (Å²) in [6.07, 6.45) is 0.927. The molecule has 0 aliphatic heterocycles. The number of hydrogen-bond acceptors (Lipinski definition) is 4. The first-order valence-corrected chi connectivity index (χ1v) is 7.00. The maximum absolute atomic E-state index is 12.5. The fourth-order valence-electron chi connectivity index (χ4n) is 1.92. The van der Waals surface area contributed by atoms with E-state index in [1.807, 2.05) is 19.1 Å². The number of ether oxygens (including phenoxy) is 2. The molecular weight excluding hydrogens is 270 g/mol. The van der Waals surface area contributed by atoms with Gasteiger partial charge in [-0.25, -0.2) is 0 Å². The molecule has 1 rings (SSSR count). The monoisotopic (exact) mass is 293 g/mol. The van der Waals surface area contributed by atoms with Gasteiger partial charge in [0, 0.05) is 32.4 Å². The van der Waals surface area contributed by atoms with Crippen molar-refractivity contribution in [3.63, 3.8) is 0 Å². The molecule has 1 aromatic rings. The maximum atomic E-state index is 12.5. The van der Waals surface area contributed by atoms with E-state index in [1.165, 1.54) is 7.11 Å². The van der Waals surface area contributed by atoms with Crippen molar-refractivity contribution in [1.82, 2.24) is 4.90 Å². The molecule has 0 spiro atoms. The van der Waals surface area contributed by atoms with Crippen molar-refractivity contribution in [3.8, 4) is 0 Å². The molecule has 0 unspecified atom stereocenters. The van der Waals surface area contributed by atoms with Crippen molar-refractivity contribution in [1.29, 1.82) is 0 Å². The highest BCUT2D eigenvalue weighted by atomic mass is 16.5. The van der Waals surface area contributed by atoms with Crippen molar-refractivity contribution in [2.75, 3.05) is 33.9 Å². The lowest BCUT2D eigenvalue weighted by Gasteiger charge is -2.22. The molecule has 0 radical (unpaired) electrons. The summed E-state index contributed by atoms with van der Waals surface area (Å²) >= 11 is 0. The molecular formula is C16H23NO4. The summed E-state index contributed by atoms with van der Waals surface area (Å²) in [5, 5.41) is 0. The normalized spacial score (nSPS) is 10.2. The third kappa shape index (κ3) is 5.95. The Morgan fingerprint density at radius 1 is 1.10 bits per heavy atom. The standard InChI is InChI=1S/C16H23NO4/c1-13-5-7-14(8-6-13)16(19)17(10-4-12-20-2)11-9-15(18)21-3/h5-8H,4,9-12H2,1-3H3. The Hall–Kier alpha value is -1.88. The number of methoxy groups -OCH3 is 2. The van der Waals surface area contributed by atoms with E-state index in [9.17, 15) is 9.59 Å². The minimum absolute atomic E-state index is 0.0741. The summed E-state index contributed by atoms with van der Waals surface area (Å²) in [4.78, 5) is 25.4. The smallest absolute Gasteiger partial charge is 0.307 e. The summed E-state index contributed by atoms with van der Waals surface area (Å²) in [6, 6.07) is 7.42. The first-order chi connectivity index (χ1) is 10.1. The number of aryl methyl sites for hydroxylation is 1. The topological polar surface area (TPSA) is 55.8 Å². The van der Waals surface area contributed by atoms with E-state index in [-0.39, 0.29) is 18.3 Å². The zero-order chi connectivity index (χ0) is 15.7. The lowest BCUT2D eigenvalue weighted by molar-refractivity contribution is -0.140. The minimum Gasteiger partial charge on any atom is -0.469 e. The lowest BCUT2D eigenvalue weighted by atomic mass is 10.1. The average molecular weight is 293 g/mol. The largest absolute Gasteiger partial charge is 0.469 e. The van der Waals surface area contributed by atoms with E-state index in [2.05, 4.69) is 4.74 Å². The number of hydrogen-bond donors (Lipinski definition) is 0. The van der Waals surface area contributed by atoms with Gasteiger partial charge < -0.3 is 14.4 Å². The Kier molecular flexibility index (Phi) is 7.46. The molecule has 1 aromatic carbocycles. The Morgan fingerprint density at radius 3 is 2.33 bits per heavy atom. The molecule has 0 aliphatic rings. The Balaban J connectivity index is 2.70. The minimum atomic E-state index is -0.316. The van der Waals surface area contributed by atoms with Crippen LogP contribution in [0.5, 0.6) is 0 Å². The number of nitrogens with zero attached hydrogens (tertiary/aromatic N) is 1. The second-order valence-electron chi connectivity index (χ2n) is 4.83. The fraction of sp³-hybridized carbons (Fsp3) is 0.500. The maximum Gasteiger partial charge on any atom is 0.307 e. The molecule has 0 aliphatic carbocycles. The van der Waals surface area contributed by atoms with Crippen LogP contribution >= 0.6 is 0 Å². The molecule has 0 bridgehead atoms. The van der Waals surface area contributed by atoms with Gasteiger partial charge >= 0.3 is 5.97 Å². The molecule has 0 atom stereocenters. The van der Waals surface area contributed by atoms with Gasteiger partial charge in [0.1, 0.15) is 0 Å². The molecule has 5 heteroatoms. The van der Waals surface area contributed by atoms with Crippen LogP contribution in [0.2, 0.25) is 0 Å². The van der Waals surface area contributed by atoms with Crippen LogP contribution in [-0.2, 0) is 14.3 Å². The van der Waals surface area contributed by atoms with Crippen molar-refractivity contribution in [3.05, 3.63) is 35.4 Å². The van der Waals surface area contributed by atoms with Gasteiger partial charge in [0.15, 0.2) is 0 Å². The third-order valence-electron chi connectivity index (χ3n) is 3.18. The highest BCUT2D eigenvalue weighted by molar-refractivity contribution is 5.94. The number of carbonyl (C=O) groups excluding carboxylic acids is 2. The van der Waals surface area contributed by atoms with Crippen LogP contribution < -0.4 is 0 Å². The van der Waals surface area contributed by atoms with Gasteiger partial charge in [0.25, 0.3) is 5.91 Å². The summed E-state index contributed by atoms with van der Waals surface area (Å²) in [7, 11) is 2.97. The van der Waals surface area contributed by atoms with Crippen LogP contribution in [0.1, 0.15) is 28.8 Å². The van der Waals surface area contributed by atoms with Crippen LogP contribution in [0, 0.1) is 6.92 Å². The molecule has 0 saturated carbocycles. The van der Waals surface area contributed by atoms with E-state index in [0.717, 1.165) is 12.0 Å². The van der Waals surface area contributed by atoms with Crippen molar-refractivity contribution in [2.24, 2.45) is 0 Å². The van der Waals surface area contributed by atoms with E-state index in [4.69, 9.17) is 4.74 Å². The summed E-state index contributed by atoms with van der Waals surface area (Å²) in [5.41, 5.74) is 1.73. The Labute approximate surface area is 125 Å². The van der Waals surface area contributed by atoms with Gasteiger partial charge in [-0.05, 0) is 25.5 Å². The number of esters is 1. The Bertz CT molecular complexity index is 456. The fourth-order valence-corrected chi connectivity index (χ4v) is 1.92. The van der Waals surface area contributed by atoms with Gasteiger partial charge in [0.2, 0.25) is 0 Å². The van der Waals surface area contributed by atoms with E-state index in [1.54, 1.807) is 24.1 Å². The second kappa shape index (κ2) is 9.13. The molecule has 0 saturated heterocycles. The number of rotatable bonds is 8. The summed E-state index contributed by atoms with van der Waals surface area (Å²) < 4.78 is 9.64. The highest BCUT2D eigenvalue weighted by Crippen LogP contribution is 2.09. The van der Waals surface area contributed by atoms with Gasteiger partial charge in [-0.2, -0.15) is 0 Å². The zero-order valence-corrected chi connectivity index (χ0v) is 12.9. The van der Waals surface area contributed by atoms with E-state index < -0.39 is 0 Å².